The molecule has 2 nitrogen and oxygen atoms in total. The van der Waals surface area contributed by atoms with Crippen LogP contribution in [-0.4, -0.2) is 12.0 Å². The molecule has 0 aliphatic heterocycles. The Morgan fingerprint density at radius 1 is 1.21 bits per heavy atom. The van der Waals surface area contributed by atoms with Gasteiger partial charge in [0.25, 0.3) is 0 Å². The number of hydrogen-bond donors (Lipinski definition) is 1. The summed E-state index contributed by atoms with van der Waals surface area (Å²) in [4.78, 5) is 3.81. The van der Waals surface area contributed by atoms with Gasteiger partial charge in [0.05, 0.1) is 12.2 Å². The van der Waals surface area contributed by atoms with Crippen molar-refractivity contribution in [1.29, 1.82) is 0 Å². The Morgan fingerprint density at radius 3 is 2.84 bits per heavy atom. The van der Waals surface area contributed by atoms with Crippen LogP contribution in [0.25, 0.3) is 10.1 Å². The molecule has 0 saturated heterocycles. The quantitative estimate of drug-likeness (QED) is 0.785. The van der Waals surface area contributed by atoms with E-state index >= 15 is 0 Å². The van der Waals surface area contributed by atoms with Gasteiger partial charge in [-0.1, -0.05) is 18.2 Å². The molecule has 0 aliphatic carbocycles. The van der Waals surface area contributed by atoms with Gasteiger partial charge in [0, 0.05) is 16.5 Å². The third kappa shape index (κ3) is 2.13. The molecule has 0 fully saturated rings. The van der Waals surface area contributed by atoms with Gasteiger partial charge in [-0.05, 0) is 35.5 Å². The first kappa shape index (κ1) is 12.3. The summed E-state index contributed by atoms with van der Waals surface area (Å²) >= 11 is 1.68. The molecule has 0 amide bonds. The molecule has 2 aromatic heterocycles. The zero-order chi connectivity index (χ0) is 13.2. The molecule has 96 valence electrons. The number of benzene rings is 1. The van der Waals surface area contributed by atoms with Crippen molar-refractivity contribution in [3.63, 3.8) is 0 Å². The molecule has 0 spiro atoms. The van der Waals surface area contributed by atoms with Gasteiger partial charge >= 0.3 is 0 Å². The zero-order valence-corrected chi connectivity index (χ0v) is 11.2. The van der Waals surface area contributed by atoms with Crippen LogP contribution >= 0.6 is 11.3 Å². The highest BCUT2D eigenvalue weighted by molar-refractivity contribution is 7.17. The molecule has 0 aliphatic rings. The topological polar surface area (TPSA) is 24.9 Å². The molecule has 1 aromatic carbocycles. The minimum Gasteiger partial charge on any atom is -0.309 e. The minimum absolute atomic E-state index is 0.154. The molecule has 1 unspecified atom stereocenters. The Labute approximate surface area is 114 Å². The van der Waals surface area contributed by atoms with Crippen molar-refractivity contribution in [1.82, 2.24) is 10.3 Å². The van der Waals surface area contributed by atoms with Crippen molar-refractivity contribution in [2.75, 3.05) is 7.05 Å². The van der Waals surface area contributed by atoms with Crippen LogP contribution in [0, 0.1) is 5.82 Å². The van der Waals surface area contributed by atoms with E-state index in [-0.39, 0.29) is 11.9 Å². The first-order valence-electron chi connectivity index (χ1n) is 6.04. The van der Waals surface area contributed by atoms with E-state index in [1.165, 1.54) is 16.3 Å². The SMILES string of the molecule is CNC(c1ccncc1F)c1csc2ccccc12. The number of pyridine rings is 1. The predicted molar refractivity (Wildman–Crippen MR) is 76.9 cm³/mol. The normalized spacial score (nSPS) is 12.7. The number of rotatable bonds is 3. The Morgan fingerprint density at radius 2 is 2.05 bits per heavy atom. The van der Waals surface area contributed by atoms with Crippen molar-refractivity contribution in [2.24, 2.45) is 0 Å². The van der Waals surface area contributed by atoms with Gasteiger partial charge in [-0.3, -0.25) is 4.98 Å². The van der Waals surface area contributed by atoms with Gasteiger partial charge in [0.1, 0.15) is 5.82 Å². The van der Waals surface area contributed by atoms with Gasteiger partial charge in [-0.2, -0.15) is 0 Å². The van der Waals surface area contributed by atoms with Gasteiger partial charge in [-0.15, -0.1) is 11.3 Å². The Balaban J connectivity index is 2.15. The maximum absolute atomic E-state index is 13.9. The summed E-state index contributed by atoms with van der Waals surface area (Å²) in [5, 5.41) is 6.45. The van der Waals surface area contributed by atoms with Crippen LogP contribution in [0.1, 0.15) is 17.2 Å². The monoisotopic (exact) mass is 272 g/mol. The second-order valence-electron chi connectivity index (χ2n) is 4.31. The standard InChI is InChI=1S/C15H13FN2S/c1-17-15(11-6-7-18-8-13(11)16)12-9-19-14-5-3-2-4-10(12)14/h2-9,15,17H,1H3. The number of nitrogens with one attached hydrogen (secondary N) is 1. The van der Waals surface area contributed by atoms with Crippen LogP contribution in [0.3, 0.4) is 0 Å². The fourth-order valence-corrected chi connectivity index (χ4v) is 3.31. The molecule has 0 saturated carbocycles. The molecule has 19 heavy (non-hydrogen) atoms. The minimum atomic E-state index is -0.280. The largest absolute Gasteiger partial charge is 0.309 e. The lowest BCUT2D eigenvalue weighted by Gasteiger charge is -2.16. The lowest BCUT2D eigenvalue weighted by atomic mass is 9.99. The molecular formula is C15H13FN2S. The first-order valence-corrected chi connectivity index (χ1v) is 6.92. The Hall–Kier alpha value is -1.78. The number of nitrogens with zero attached hydrogens (tertiary/aromatic N) is 1. The van der Waals surface area contributed by atoms with E-state index in [0.717, 1.165) is 5.56 Å². The molecule has 1 N–H and O–H groups in total. The Kier molecular flexibility index (Phi) is 3.27. The third-order valence-corrected chi connectivity index (χ3v) is 4.21. The van der Waals surface area contributed by atoms with Crippen molar-refractivity contribution in [3.8, 4) is 0 Å². The molecular weight excluding hydrogens is 259 g/mol. The van der Waals surface area contributed by atoms with E-state index < -0.39 is 0 Å². The van der Waals surface area contributed by atoms with Crippen LogP contribution < -0.4 is 5.32 Å². The van der Waals surface area contributed by atoms with Crippen molar-refractivity contribution >= 4 is 21.4 Å². The molecule has 0 bridgehead atoms. The number of halogens is 1. The second-order valence-corrected chi connectivity index (χ2v) is 5.22. The average Bonchev–Trinajstić information content (AvgIpc) is 2.86. The van der Waals surface area contributed by atoms with Gasteiger partial charge in [0.15, 0.2) is 0 Å². The van der Waals surface area contributed by atoms with Crippen molar-refractivity contribution in [3.05, 3.63) is 65.0 Å². The van der Waals surface area contributed by atoms with E-state index in [2.05, 4.69) is 27.8 Å². The number of aromatic nitrogens is 1. The third-order valence-electron chi connectivity index (χ3n) is 3.23. The van der Waals surface area contributed by atoms with E-state index in [1.807, 2.05) is 19.2 Å². The fourth-order valence-electron chi connectivity index (χ4n) is 2.32. The summed E-state index contributed by atoms with van der Waals surface area (Å²) in [5.41, 5.74) is 1.73. The molecule has 2 heterocycles. The molecule has 4 heteroatoms. The fraction of sp³-hybridized carbons (Fsp3) is 0.133. The maximum atomic E-state index is 13.9. The number of fused-ring (bicyclic) bond motifs is 1. The summed E-state index contributed by atoms with van der Waals surface area (Å²) in [7, 11) is 1.84. The lowest BCUT2D eigenvalue weighted by molar-refractivity contribution is 0.572. The van der Waals surface area contributed by atoms with Crippen LogP contribution in [-0.2, 0) is 0 Å². The summed E-state index contributed by atoms with van der Waals surface area (Å²) in [6.07, 6.45) is 2.88. The molecule has 3 aromatic rings. The van der Waals surface area contributed by atoms with E-state index in [1.54, 1.807) is 23.6 Å². The average molecular weight is 272 g/mol. The smallest absolute Gasteiger partial charge is 0.146 e. The highest BCUT2D eigenvalue weighted by Gasteiger charge is 2.19. The zero-order valence-electron chi connectivity index (χ0n) is 10.4. The lowest BCUT2D eigenvalue weighted by Crippen LogP contribution is -2.18. The van der Waals surface area contributed by atoms with Crippen molar-refractivity contribution in [2.45, 2.75) is 6.04 Å². The van der Waals surface area contributed by atoms with Crippen LogP contribution in [0.5, 0.6) is 0 Å². The van der Waals surface area contributed by atoms with Crippen LogP contribution in [0.4, 0.5) is 4.39 Å². The summed E-state index contributed by atoms with van der Waals surface area (Å²) in [6, 6.07) is 9.75. The van der Waals surface area contributed by atoms with E-state index in [9.17, 15) is 4.39 Å². The van der Waals surface area contributed by atoms with E-state index in [4.69, 9.17) is 0 Å². The number of hydrogen-bond acceptors (Lipinski definition) is 3. The predicted octanol–water partition coefficient (Wildman–Crippen LogP) is 3.74. The highest BCUT2D eigenvalue weighted by Crippen LogP contribution is 2.33. The van der Waals surface area contributed by atoms with Crippen molar-refractivity contribution < 1.29 is 4.39 Å². The molecule has 3 rings (SSSR count). The van der Waals surface area contributed by atoms with Crippen LogP contribution in [0.15, 0.2) is 48.1 Å². The van der Waals surface area contributed by atoms with Gasteiger partial charge in [-0.25, -0.2) is 4.39 Å². The first-order chi connectivity index (χ1) is 9.31. The summed E-state index contributed by atoms with van der Waals surface area (Å²) in [6.45, 7) is 0. The van der Waals surface area contributed by atoms with Gasteiger partial charge in [0.2, 0.25) is 0 Å². The maximum Gasteiger partial charge on any atom is 0.146 e. The second kappa shape index (κ2) is 5.07. The summed E-state index contributed by atoms with van der Waals surface area (Å²) in [5.74, 6) is -0.280. The Bertz CT molecular complexity index is 708. The summed E-state index contributed by atoms with van der Waals surface area (Å²) < 4.78 is 15.1. The molecule has 1 atom stereocenters. The van der Waals surface area contributed by atoms with Crippen LogP contribution in [0.2, 0.25) is 0 Å². The van der Waals surface area contributed by atoms with E-state index in [0.29, 0.717) is 5.56 Å². The molecule has 0 radical (unpaired) electrons. The highest BCUT2D eigenvalue weighted by atomic mass is 32.1. The number of thiophene rings is 1. The van der Waals surface area contributed by atoms with Gasteiger partial charge < -0.3 is 5.32 Å².